The average Bonchev–Trinajstić information content (AvgIpc) is 2.97. The summed E-state index contributed by atoms with van der Waals surface area (Å²) in [5.41, 5.74) is 6.09. The van der Waals surface area contributed by atoms with E-state index in [4.69, 9.17) is 5.73 Å². The molecule has 0 radical (unpaired) electrons. The highest BCUT2D eigenvalue weighted by Gasteiger charge is 2.46. The Morgan fingerprint density at radius 3 is 2.71 bits per heavy atom. The predicted molar refractivity (Wildman–Crippen MR) is 76.5 cm³/mol. The summed E-state index contributed by atoms with van der Waals surface area (Å²) < 4.78 is 40.8. The van der Waals surface area contributed by atoms with Crippen molar-refractivity contribution < 1.29 is 17.9 Å². The van der Waals surface area contributed by atoms with Crippen molar-refractivity contribution in [3.63, 3.8) is 0 Å². The maximum atomic E-state index is 14.2. The highest BCUT2D eigenvalue weighted by atomic mass is 32.2. The Labute approximate surface area is 123 Å². The molecule has 0 bridgehead atoms. The number of fused-ring (bicyclic) bond motifs is 1. The van der Waals surface area contributed by atoms with E-state index in [2.05, 4.69) is 0 Å². The first kappa shape index (κ1) is 14.7. The number of nitrogen functional groups attached to an aromatic ring is 1. The molecule has 7 heteroatoms. The second-order valence-corrected chi connectivity index (χ2v) is 7.95. The van der Waals surface area contributed by atoms with Crippen LogP contribution in [0.1, 0.15) is 18.4 Å². The van der Waals surface area contributed by atoms with E-state index in [-0.39, 0.29) is 34.5 Å². The van der Waals surface area contributed by atoms with Crippen molar-refractivity contribution in [1.29, 1.82) is 0 Å². The van der Waals surface area contributed by atoms with Gasteiger partial charge >= 0.3 is 0 Å². The van der Waals surface area contributed by atoms with Crippen LogP contribution in [0.15, 0.2) is 17.0 Å². The van der Waals surface area contributed by atoms with Gasteiger partial charge in [0, 0.05) is 24.7 Å². The molecule has 3 unspecified atom stereocenters. The highest BCUT2D eigenvalue weighted by Crippen LogP contribution is 2.40. The number of halogens is 1. The fourth-order valence-electron chi connectivity index (χ4n) is 3.48. The van der Waals surface area contributed by atoms with Gasteiger partial charge in [-0.15, -0.1) is 0 Å². The molecule has 1 aromatic carbocycles. The van der Waals surface area contributed by atoms with Gasteiger partial charge in [0.15, 0.2) is 0 Å². The molecule has 5 nitrogen and oxygen atoms in total. The topological polar surface area (TPSA) is 83.6 Å². The normalized spacial score (nSPS) is 29.8. The molecule has 0 spiro atoms. The summed E-state index contributed by atoms with van der Waals surface area (Å²) in [7, 11) is -3.91. The molecule has 1 saturated heterocycles. The summed E-state index contributed by atoms with van der Waals surface area (Å²) in [6.45, 7) is 2.09. The Kier molecular flexibility index (Phi) is 3.46. The van der Waals surface area contributed by atoms with E-state index < -0.39 is 21.9 Å². The van der Waals surface area contributed by atoms with Crippen LogP contribution in [-0.4, -0.2) is 37.0 Å². The van der Waals surface area contributed by atoms with E-state index in [0.717, 1.165) is 12.8 Å². The largest absolute Gasteiger partial charge is 0.399 e. The lowest BCUT2D eigenvalue weighted by molar-refractivity contribution is 0.129. The monoisotopic (exact) mass is 314 g/mol. The molecule has 3 rings (SSSR count). The molecule has 0 amide bonds. The molecule has 1 aliphatic carbocycles. The van der Waals surface area contributed by atoms with E-state index in [9.17, 15) is 17.9 Å². The van der Waals surface area contributed by atoms with Crippen LogP contribution in [0, 0.1) is 24.6 Å². The molecule has 1 aliphatic heterocycles. The number of hydrogen-bond donors (Lipinski definition) is 2. The minimum Gasteiger partial charge on any atom is -0.399 e. The Balaban J connectivity index is 1.96. The number of benzene rings is 1. The highest BCUT2D eigenvalue weighted by molar-refractivity contribution is 7.89. The minimum atomic E-state index is -3.91. The van der Waals surface area contributed by atoms with Crippen LogP contribution in [0.3, 0.4) is 0 Å². The van der Waals surface area contributed by atoms with Crippen molar-refractivity contribution in [1.82, 2.24) is 4.31 Å². The molecule has 21 heavy (non-hydrogen) atoms. The first-order valence-electron chi connectivity index (χ1n) is 7.04. The van der Waals surface area contributed by atoms with Gasteiger partial charge in [0.05, 0.1) is 6.10 Å². The van der Waals surface area contributed by atoms with Crippen LogP contribution < -0.4 is 5.73 Å². The second-order valence-electron chi connectivity index (χ2n) is 6.04. The Morgan fingerprint density at radius 1 is 1.33 bits per heavy atom. The first-order valence-corrected chi connectivity index (χ1v) is 8.48. The summed E-state index contributed by atoms with van der Waals surface area (Å²) in [5, 5.41) is 9.88. The lowest BCUT2D eigenvalue weighted by atomic mass is 10.00. The van der Waals surface area contributed by atoms with Crippen LogP contribution in [0.25, 0.3) is 0 Å². The zero-order valence-corrected chi connectivity index (χ0v) is 12.6. The SMILES string of the molecule is Cc1cc(N)cc(S(=O)(=O)N2CC3CCC(O)C3C2)c1F. The van der Waals surface area contributed by atoms with Crippen LogP contribution in [0.4, 0.5) is 10.1 Å². The number of aryl methyl sites for hydroxylation is 1. The summed E-state index contributed by atoms with van der Waals surface area (Å²) in [5.74, 6) is -0.619. The van der Waals surface area contributed by atoms with Gasteiger partial charge in [0.25, 0.3) is 0 Å². The predicted octanol–water partition coefficient (Wildman–Crippen LogP) is 1.11. The molecular weight excluding hydrogens is 295 g/mol. The number of sulfonamides is 1. The van der Waals surface area contributed by atoms with E-state index >= 15 is 0 Å². The van der Waals surface area contributed by atoms with Crippen molar-refractivity contribution in [3.05, 3.63) is 23.5 Å². The lowest BCUT2D eigenvalue weighted by Gasteiger charge is -2.19. The fourth-order valence-corrected chi connectivity index (χ4v) is 5.19. The smallest absolute Gasteiger partial charge is 0.246 e. The summed E-state index contributed by atoms with van der Waals surface area (Å²) >= 11 is 0. The average molecular weight is 314 g/mol. The van der Waals surface area contributed by atoms with Gasteiger partial charge in [0.1, 0.15) is 10.7 Å². The van der Waals surface area contributed by atoms with E-state index in [1.807, 2.05) is 0 Å². The summed E-state index contributed by atoms with van der Waals surface area (Å²) in [6, 6.07) is 2.58. The molecule has 1 saturated carbocycles. The fraction of sp³-hybridized carbons (Fsp3) is 0.571. The van der Waals surface area contributed by atoms with Crippen LogP contribution in [0.2, 0.25) is 0 Å². The zero-order valence-electron chi connectivity index (χ0n) is 11.8. The molecule has 0 aromatic heterocycles. The number of rotatable bonds is 2. The number of aliphatic hydroxyl groups is 1. The lowest BCUT2D eigenvalue weighted by Crippen LogP contribution is -2.32. The zero-order chi connectivity index (χ0) is 15.4. The third-order valence-corrected chi connectivity index (χ3v) is 6.48. The van der Waals surface area contributed by atoms with Gasteiger partial charge in [-0.2, -0.15) is 4.31 Å². The van der Waals surface area contributed by atoms with Crippen LogP contribution >= 0.6 is 0 Å². The third kappa shape index (κ3) is 2.33. The van der Waals surface area contributed by atoms with Crippen LogP contribution in [-0.2, 0) is 10.0 Å². The van der Waals surface area contributed by atoms with Crippen molar-refractivity contribution in [2.45, 2.75) is 30.8 Å². The second kappa shape index (κ2) is 4.93. The minimum absolute atomic E-state index is 0.0370. The molecule has 2 fully saturated rings. The standard InChI is InChI=1S/C14H19FN2O3S/c1-8-4-10(16)5-13(14(8)15)21(19,20)17-6-9-2-3-12(18)11(9)7-17/h4-5,9,11-12,18H,2-3,6-7,16H2,1H3. The van der Waals surface area contributed by atoms with Crippen LogP contribution in [0.5, 0.6) is 0 Å². The Hall–Kier alpha value is -1.18. The van der Waals surface area contributed by atoms with Gasteiger partial charge in [-0.05, 0) is 43.4 Å². The molecule has 1 aromatic rings. The van der Waals surface area contributed by atoms with Gasteiger partial charge in [-0.1, -0.05) is 0 Å². The number of aliphatic hydroxyl groups excluding tert-OH is 1. The third-order valence-electron chi connectivity index (χ3n) is 4.65. The molecule has 1 heterocycles. The van der Waals surface area contributed by atoms with Crippen molar-refractivity contribution >= 4 is 15.7 Å². The van der Waals surface area contributed by atoms with Gasteiger partial charge in [0.2, 0.25) is 10.0 Å². The molecule has 3 N–H and O–H groups in total. The van der Waals surface area contributed by atoms with Gasteiger partial charge in [-0.3, -0.25) is 0 Å². The van der Waals surface area contributed by atoms with E-state index in [1.54, 1.807) is 0 Å². The van der Waals surface area contributed by atoms with Crippen molar-refractivity contribution in [3.8, 4) is 0 Å². The molecule has 3 atom stereocenters. The van der Waals surface area contributed by atoms with E-state index in [1.165, 1.54) is 23.4 Å². The Morgan fingerprint density at radius 2 is 2.05 bits per heavy atom. The van der Waals surface area contributed by atoms with Gasteiger partial charge < -0.3 is 10.8 Å². The summed E-state index contributed by atoms with van der Waals surface area (Å²) in [4.78, 5) is -0.366. The van der Waals surface area contributed by atoms with Gasteiger partial charge in [-0.25, -0.2) is 12.8 Å². The van der Waals surface area contributed by atoms with E-state index in [0.29, 0.717) is 6.54 Å². The summed E-state index contributed by atoms with van der Waals surface area (Å²) in [6.07, 6.45) is 1.08. The number of nitrogens with two attached hydrogens (primary N) is 1. The Bertz CT molecular complexity index is 677. The molecule has 116 valence electrons. The first-order chi connectivity index (χ1) is 9.80. The maximum Gasteiger partial charge on any atom is 0.246 e. The quantitative estimate of drug-likeness (QED) is 0.801. The number of anilines is 1. The number of nitrogens with zero attached hydrogens (tertiary/aromatic N) is 1. The molecule has 2 aliphatic rings. The molecular formula is C14H19FN2O3S. The van der Waals surface area contributed by atoms with Crippen molar-refractivity contribution in [2.24, 2.45) is 11.8 Å². The number of hydrogen-bond acceptors (Lipinski definition) is 4. The van der Waals surface area contributed by atoms with Crippen molar-refractivity contribution in [2.75, 3.05) is 18.8 Å². The maximum absolute atomic E-state index is 14.2.